The molecule has 0 saturated carbocycles. The molecule has 268 valence electrons. The maximum atomic E-state index is 14.2. The zero-order valence-corrected chi connectivity index (χ0v) is 27.8. The molecular weight excluding hydrogens is 640 g/mol. The van der Waals surface area contributed by atoms with Crippen LogP contribution in [0.1, 0.15) is 96.0 Å². The van der Waals surface area contributed by atoms with Crippen molar-refractivity contribution in [2.45, 2.75) is 108 Å². The second-order valence-corrected chi connectivity index (χ2v) is 12.3. The second-order valence-electron chi connectivity index (χ2n) is 12.3. The summed E-state index contributed by atoms with van der Waals surface area (Å²) in [5, 5.41) is 42.0. The summed E-state index contributed by atoms with van der Waals surface area (Å²) in [6.45, 7) is 2.14. The number of amides is 1. The first-order chi connectivity index (χ1) is 23.3. The van der Waals surface area contributed by atoms with Gasteiger partial charge in [0.2, 0.25) is 5.91 Å². The van der Waals surface area contributed by atoms with Crippen LogP contribution >= 0.6 is 0 Å². The molecule has 0 spiro atoms. The number of carbonyl (C=O) groups excluding carboxylic acids is 2. The Morgan fingerprint density at radius 2 is 1.45 bits per heavy atom. The minimum atomic E-state index is -3.08. The normalized spacial score (nSPS) is 13.8. The first-order valence-electron chi connectivity index (χ1n) is 16.7. The van der Waals surface area contributed by atoms with E-state index in [2.05, 4.69) is 12.2 Å². The van der Waals surface area contributed by atoms with Crippen LogP contribution in [-0.4, -0.2) is 61.7 Å². The van der Waals surface area contributed by atoms with E-state index in [4.69, 9.17) is 0 Å². The van der Waals surface area contributed by atoms with Gasteiger partial charge in [0.1, 0.15) is 23.5 Å². The van der Waals surface area contributed by atoms with Crippen molar-refractivity contribution in [3.63, 3.8) is 0 Å². The van der Waals surface area contributed by atoms with Gasteiger partial charge in [0.25, 0.3) is 0 Å². The van der Waals surface area contributed by atoms with Gasteiger partial charge >= 0.3 is 17.9 Å². The smallest absolute Gasteiger partial charge is 0.337 e. The second kappa shape index (κ2) is 20.8. The first kappa shape index (κ1) is 40.7. The Balaban J connectivity index is 2.05. The number of rotatable bonds is 24. The molecule has 12 heteroatoms. The molecule has 2 rings (SSSR count). The molecule has 0 bridgehead atoms. The van der Waals surface area contributed by atoms with E-state index in [9.17, 15) is 53.2 Å². The predicted molar refractivity (Wildman–Crippen MR) is 179 cm³/mol. The van der Waals surface area contributed by atoms with Crippen LogP contribution in [0.2, 0.25) is 0 Å². The number of aliphatic hydroxyl groups is 1. The Kier molecular flexibility index (Phi) is 17.3. The average molecular weight is 688 g/mol. The Morgan fingerprint density at radius 1 is 0.837 bits per heavy atom. The van der Waals surface area contributed by atoms with Crippen molar-refractivity contribution in [1.29, 1.82) is 0 Å². The maximum Gasteiger partial charge on any atom is 0.337 e. The fraction of sp³-hybridized carbons (Fsp3) is 0.486. The highest BCUT2D eigenvalue weighted by atomic mass is 19.1. The number of unbranched alkanes of at least 4 members (excludes halogenated alkanes) is 8. The molecule has 49 heavy (non-hydrogen) atoms. The standard InChI is InChI=1S/C37H47F2NO9/c1-2-3-4-7-10-13-28(41)14-11-8-5-6-9-12-15-30(37(49,36(47)48)24-33(42)43)34(44)40-32(35(45)46)22-25-16-18-26(19-17-25)29-21-20-27(38)23-31(29)39/h12,15-21,23,30,32,49H,2-11,13-14,22,24H2,1H3,(H,40,44)(H,42,43)(H,45,46)(H,47,48)/b15-12+/t30-,32+,37+/m1/s1. The van der Waals surface area contributed by atoms with Gasteiger partial charge in [-0.3, -0.25) is 14.4 Å². The van der Waals surface area contributed by atoms with Crippen LogP contribution in [-0.2, 0) is 30.4 Å². The molecule has 0 aliphatic carbocycles. The number of carbonyl (C=O) groups is 5. The van der Waals surface area contributed by atoms with Crippen molar-refractivity contribution >= 4 is 29.6 Å². The van der Waals surface area contributed by atoms with Gasteiger partial charge in [-0.15, -0.1) is 0 Å². The molecular formula is C37H47F2NO9. The monoisotopic (exact) mass is 687 g/mol. The molecule has 0 aromatic heterocycles. The van der Waals surface area contributed by atoms with Gasteiger partial charge in [0.05, 0.1) is 12.3 Å². The number of allylic oxidation sites excluding steroid dienone is 1. The molecule has 0 aliphatic rings. The van der Waals surface area contributed by atoms with E-state index in [1.54, 1.807) is 0 Å². The van der Waals surface area contributed by atoms with Crippen LogP contribution < -0.4 is 5.32 Å². The molecule has 0 aliphatic heterocycles. The fourth-order valence-corrected chi connectivity index (χ4v) is 5.47. The first-order valence-corrected chi connectivity index (χ1v) is 16.7. The number of hydrogen-bond acceptors (Lipinski definition) is 6. The van der Waals surface area contributed by atoms with Crippen molar-refractivity contribution < 1.29 is 53.2 Å². The number of halogens is 2. The minimum Gasteiger partial charge on any atom is -0.481 e. The van der Waals surface area contributed by atoms with Crippen molar-refractivity contribution in [3.05, 3.63) is 71.8 Å². The summed E-state index contributed by atoms with van der Waals surface area (Å²) in [5.74, 6) is -9.55. The zero-order chi connectivity index (χ0) is 36.4. The molecule has 0 fully saturated rings. The number of ketones is 1. The van der Waals surface area contributed by atoms with Crippen LogP contribution in [0.3, 0.4) is 0 Å². The van der Waals surface area contributed by atoms with Crippen LogP contribution in [0.5, 0.6) is 0 Å². The molecule has 10 nitrogen and oxygen atoms in total. The number of hydrogen-bond donors (Lipinski definition) is 5. The van der Waals surface area contributed by atoms with Crippen molar-refractivity contribution in [3.8, 4) is 11.1 Å². The third-order valence-corrected chi connectivity index (χ3v) is 8.30. The fourth-order valence-electron chi connectivity index (χ4n) is 5.47. The summed E-state index contributed by atoms with van der Waals surface area (Å²) in [6, 6.07) is 7.43. The molecule has 0 heterocycles. The van der Waals surface area contributed by atoms with Crippen LogP contribution in [0.25, 0.3) is 11.1 Å². The number of benzene rings is 2. The Labute approximate surface area is 285 Å². The van der Waals surface area contributed by atoms with Gasteiger partial charge in [-0.2, -0.15) is 0 Å². The van der Waals surface area contributed by atoms with E-state index >= 15 is 0 Å². The topological polar surface area (TPSA) is 178 Å². The largest absolute Gasteiger partial charge is 0.481 e. The van der Waals surface area contributed by atoms with E-state index in [1.807, 2.05) is 0 Å². The number of carboxylic acid groups (broad SMARTS) is 3. The zero-order valence-electron chi connectivity index (χ0n) is 27.8. The van der Waals surface area contributed by atoms with Gasteiger partial charge in [0.15, 0.2) is 5.60 Å². The quantitative estimate of drug-likeness (QED) is 0.0611. The Morgan fingerprint density at radius 3 is 2.00 bits per heavy atom. The number of aliphatic carboxylic acids is 3. The Bertz CT molecular complexity index is 1440. The lowest BCUT2D eigenvalue weighted by molar-refractivity contribution is -0.172. The molecule has 0 unspecified atom stereocenters. The van der Waals surface area contributed by atoms with Gasteiger partial charge < -0.3 is 25.7 Å². The van der Waals surface area contributed by atoms with E-state index < -0.39 is 59.4 Å². The van der Waals surface area contributed by atoms with Crippen LogP contribution in [0.4, 0.5) is 8.78 Å². The van der Waals surface area contributed by atoms with Crippen LogP contribution in [0, 0.1) is 17.6 Å². The highest BCUT2D eigenvalue weighted by Gasteiger charge is 2.49. The summed E-state index contributed by atoms with van der Waals surface area (Å²) in [6.07, 6.45) is 10.7. The Hall–Kier alpha value is -4.45. The molecule has 0 saturated heterocycles. The number of carboxylic acids is 3. The van der Waals surface area contributed by atoms with Crippen molar-refractivity contribution in [1.82, 2.24) is 5.32 Å². The summed E-state index contributed by atoms with van der Waals surface area (Å²) >= 11 is 0. The number of Topliss-reactive ketones (excluding diaryl/α,β-unsaturated/α-hetero) is 1. The lowest BCUT2D eigenvalue weighted by atomic mass is 9.82. The van der Waals surface area contributed by atoms with Gasteiger partial charge in [-0.1, -0.05) is 81.9 Å². The van der Waals surface area contributed by atoms with Gasteiger partial charge in [0, 0.05) is 30.9 Å². The highest BCUT2D eigenvalue weighted by molar-refractivity contribution is 5.94. The lowest BCUT2D eigenvalue weighted by Crippen LogP contribution is -2.55. The molecule has 2 aromatic carbocycles. The summed E-state index contributed by atoms with van der Waals surface area (Å²) in [7, 11) is 0. The third kappa shape index (κ3) is 13.9. The molecule has 0 radical (unpaired) electrons. The summed E-state index contributed by atoms with van der Waals surface area (Å²) in [5.41, 5.74) is -2.16. The predicted octanol–water partition coefficient (Wildman–Crippen LogP) is 6.48. The molecule has 1 amide bonds. The molecule has 2 aromatic rings. The van der Waals surface area contributed by atoms with E-state index in [0.717, 1.165) is 63.2 Å². The van der Waals surface area contributed by atoms with E-state index in [0.29, 0.717) is 36.8 Å². The van der Waals surface area contributed by atoms with E-state index in [1.165, 1.54) is 42.8 Å². The molecule has 5 N–H and O–H groups in total. The SMILES string of the molecule is CCCCCCCC(=O)CCCCCC/C=C/[C@H](C(=O)N[C@@H](Cc1ccc(-c2ccc(F)cc2F)cc1)C(=O)O)[C@@](O)(CC(=O)O)C(=O)O. The molecule has 3 atom stereocenters. The van der Waals surface area contributed by atoms with Gasteiger partial charge in [-0.25, -0.2) is 18.4 Å². The average Bonchev–Trinajstić information content (AvgIpc) is 3.03. The summed E-state index contributed by atoms with van der Waals surface area (Å²) in [4.78, 5) is 61.0. The maximum absolute atomic E-state index is 14.2. The lowest BCUT2D eigenvalue weighted by Gasteiger charge is -2.29. The minimum absolute atomic E-state index is 0.121. The third-order valence-electron chi connectivity index (χ3n) is 8.30. The van der Waals surface area contributed by atoms with Crippen molar-refractivity contribution in [2.75, 3.05) is 0 Å². The van der Waals surface area contributed by atoms with Gasteiger partial charge in [-0.05, 0) is 48.9 Å². The number of nitrogens with one attached hydrogen (secondary N) is 1. The highest BCUT2D eigenvalue weighted by Crippen LogP contribution is 2.27. The van der Waals surface area contributed by atoms with Crippen LogP contribution in [0.15, 0.2) is 54.6 Å². The van der Waals surface area contributed by atoms with E-state index in [-0.39, 0.29) is 17.8 Å². The summed E-state index contributed by atoms with van der Waals surface area (Å²) < 4.78 is 27.5. The van der Waals surface area contributed by atoms with Crippen molar-refractivity contribution in [2.24, 2.45) is 5.92 Å².